The highest BCUT2D eigenvalue weighted by atomic mass is 35.5. The van der Waals surface area contributed by atoms with Crippen molar-refractivity contribution >= 4 is 45.4 Å². The third kappa shape index (κ3) is 4.03. The molecule has 1 aliphatic carbocycles. The van der Waals surface area contributed by atoms with E-state index in [4.69, 9.17) is 16.3 Å². The molecule has 36 heavy (non-hydrogen) atoms. The van der Waals surface area contributed by atoms with Gasteiger partial charge in [0.15, 0.2) is 0 Å². The zero-order valence-corrected chi connectivity index (χ0v) is 20.9. The number of rotatable bonds is 5. The fourth-order valence-electron chi connectivity index (χ4n) is 4.62. The fourth-order valence-corrected chi connectivity index (χ4v) is 5.87. The molecule has 2 aliphatic rings. The molecule has 0 bridgehead atoms. The molecule has 1 saturated heterocycles. The number of H-pyrrole nitrogens is 1. The Morgan fingerprint density at radius 1 is 1.14 bits per heavy atom. The number of imidazole rings is 1. The summed E-state index contributed by atoms with van der Waals surface area (Å²) in [6.07, 6.45) is 2.63. The zero-order chi connectivity index (χ0) is 25.0. The Balaban J connectivity index is 1.27. The number of carbonyl (C=O) groups is 1. The number of carbonyl (C=O) groups excluding carboxylic acids is 1. The summed E-state index contributed by atoms with van der Waals surface area (Å²) in [5, 5.41) is 11.2. The molecule has 8 nitrogen and oxygen atoms in total. The van der Waals surface area contributed by atoms with Gasteiger partial charge >= 0.3 is 0 Å². The summed E-state index contributed by atoms with van der Waals surface area (Å²) in [6.45, 7) is 1.89. The van der Waals surface area contributed by atoms with Crippen molar-refractivity contribution in [3.8, 4) is 22.9 Å². The number of hydrogen-bond acceptors (Lipinski definition) is 5. The van der Waals surface area contributed by atoms with Crippen LogP contribution >= 0.6 is 11.6 Å². The first-order valence-corrected chi connectivity index (χ1v) is 13.1. The minimum atomic E-state index is -1.62. The van der Waals surface area contributed by atoms with Crippen LogP contribution in [-0.2, 0) is 21.6 Å². The number of aromatic amines is 1. The maximum absolute atomic E-state index is 12.2. The molecule has 10 heteroatoms. The first-order valence-electron chi connectivity index (χ1n) is 11.6. The van der Waals surface area contributed by atoms with Crippen molar-refractivity contribution in [1.29, 1.82) is 0 Å². The number of anilines is 1. The van der Waals surface area contributed by atoms with Crippen LogP contribution in [0.15, 0.2) is 54.6 Å². The SMILES string of the molecule is Cc1ccc(Oc2nc3cc(-c4ccc(C5(O)CCC5)cc4)c(Cl)cc3[nH]2)cc1N1CC(=O)NS1=O. The number of fused-ring (bicyclic) bond motifs is 1. The molecule has 1 amide bonds. The van der Waals surface area contributed by atoms with Gasteiger partial charge in [0, 0.05) is 11.6 Å². The van der Waals surface area contributed by atoms with Crippen LogP contribution in [0.25, 0.3) is 22.2 Å². The number of aliphatic hydroxyl groups is 1. The highest BCUT2D eigenvalue weighted by Crippen LogP contribution is 2.42. The summed E-state index contributed by atoms with van der Waals surface area (Å²) in [4.78, 5) is 19.4. The lowest BCUT2D eigenvalue weighted by Crippen LogP contribution is -2.33. The van der Waals surface area contributed by atoms with E-state index in [0.29, 0.717) is 22.0 Å². The van der Waals surface area contributed by atoms with Crippen LogP contribution in [0.1, 0.15) is 30.4 Å². The largest absolute Gasteiger partial charge is 0.426 e. The normalized spacial score (nSPS) is 18.8. The molecule has 184 valence electrons. The first kappa shape index (κ1) is 23.0. The van der Waals surface area contributed by atoms with Gasteiger partial charge in [-0.3, -0.25) is 13.8 Å². The van der Waals surface area contributed by atoms with Gasteiger partial charge in [-0.2, -0.15) is 4.98 Å². The summed E-state index contributed by atoms with van der Waals surface area (Å²) in [5.41, 5.74) is 4.91. The standard InChI is InChI=1S/C26H23ClN4O4S/c1-15-3-8-18(11-23(15)31-14-24(32)30-36(31)34)35-25-28-21-12-19(20(27)13-22(21)29-25)16-4-6-17(7-5-16)26(33)9-2-10-26/h3-8,11-13,33H,2,9-10,14H2,1H3,(H,28,29)(H,30,32). The Morgan fingerprint density at radius 2 is 1.92 bits per heavy atom. The van der Waals surface area contributed by atoms with Crippen molar-refractivity contribution in [2.45, 2.75) is 31.8 Å². The molecule has 3 N–H and O–H groups in total. The molecular formula is C26H23ClN4O4S. The average molecular weight is 523 g/mol. The Hall–Kier alpha value is -3.40. The average Bonchev–Trinajstić information content (AvgIpc) is 3.38. The summed E-state index contributed by atoms with van der Waals surface area (Å²) in [5.74, 6) is 0.194. The number of benzene rings is 3. The number of nitrogens with zero attached hydrogens (tertiary/aromatic N) is 2. The predicted octanol–water partition coefficient (Wildman–Crippen LogP) is 4.87. The molecule has 1 aromatic heterocycles. The highest BCUT2D eigenvalue weighted by Gasteiger charge is 2.36. The van der Waals surface area contributed by atoms with Crippen molar-refractivity contribution in [3.63, 3.8) is 0 Å². The van der Waals surface area contributed by atoms with Gasteiger partial charge in [0.05, 0.1) is 27.3 Å². The minimum Gasteiger partial charge on any atom is -0.426 e. The van der Waals surface area contributed by atoms with Crippen molar-refractivity contribution < 1.29 is 18.8 Å². The number of aryl methyl sites for hydroxylation is 1. The summed E-state index contributed by atoms with van der Waals surface area (Å²) in [7, 11) is 0. The predicted molar refractivity (Wildman–Crippen MR) is 139 cm³/mol. The number of halogens is 1. The molecule has 0 radical (unpaired) electrons. The highest BCUT2D eigenvalue weighted by molar-refractivity contribution is 7.85. The third-order valence-electron chi connectivity index (χ3n) is 6.82. The van der Waals surface area contributed by atoms with Gasteiger partial charge in [0.2, 0.25) is 11.2 Å². The van der Waals surface area contributed by atoms with E-state index < -0.39 is 16.8 Å². The molecule has 6 rings (SSSR count). The van der Waals surface area contributed by atoms with Crippen molar-refractivity contribution in [2.24, 2.45) is 0 Å². The summed E-state index contributed by atoms with van der Waals surface area (Å²) < 4.78 is 22.1. The van der Waals surface area contributed by atoms with Crippen LogP contribution in [0.3, 0.4) is 0 Å². The zero-order valence-electron chi connectivity index (χ0n) is 19.4. The van der Waals surface area contributed by atoms with Crippen LogP contribution in [0, 0.1) is 6.92 Å². The van der Waals surface area contributed by atoms with Crippen LogP contribution in [0.5, 0.6) is 11.8 Å². The third-order valence-corrected chi connectivity index (χ3v) is 8.26. The number of nitrogens with one attached hydrogen (secondary N) is 2. The van der Waals surface area contributed by atoms with E-state index in [1.165, 1.54) is 4.31 Å². The molecule has 1 aliphatic heterocycles. The Labute approximate surface area is 215 Å². The number of ether oxygens (including phenoxy) is 1. The van der Waals surface area contributed by atoms with Gasteiger partial charge in [-0.15, -0.1) is 0 Å². The molecule has 2 heterocycles. The first-order chi connectivity index (χ1) is 17.3. The van der Waals surface area contributed by atoms with Crippen LogP contribution in [0.2, 0.25) is 5.02 Å². The molecule has 1 atom stereocenters. The Bertz CT molecular complexity index is 1530. The number of amides is 1. The molecular weight excluding hydrogens is 500 g/mol. The quantitative estimate of drug-likeness (QED) is 0.346. The van der Waals surface area contributed by atoms with Gasteiger partial charge in [-0.25, -0.2) is 4.21 Å². The minimum absolute atomic E-state index is 0.0170. The van der Waals surface area contributed by atoms with E-state index in [1.54, 1.807) is 12.1 Å². The molecule has 1 saturated carbocycles. The smallest absolute Gasteiger partial charge is 0.300 e. The fraction of sp³-hybridized carbons (Fsp3) is 0.231. The Morgan fingerprint density at radius 3 is 2.58 bits per heavy atom. The number of aromatic nitrogens is 2. The van der Waals surface area contributed by atoms with Crippen molar-refractivity contribution in [3.05, 3.63) is 70.7 Å². The lowest BCUT2D eigenvalue weighted by molar-refractivity contribution is -0.117. The van der Waals surface area contributed by atoms with Gasteiger partial charge in [0.25, 0.3) is 11.9 Å². The van der Waals surface area contributed by atoms with Crippen LogP contribution < -0.4 is 13.8 Å². The lowest BCUT2D eigenvalue weighted by Gasteiger charge is -2.37. The van der Waals surface area contributed by atoms with Gasteiger partial charge < -0.3 is 14.8 Å². The molecule has 4 aromatic rings. The van der Waals surface area contributed by atoms with E-state index in [1.807, 2.05) is 49.4 Å². The second kappa shape index (κ2) is 8.62. The van der Waals surface area contributed by atoms with Crippen LogP contribution in [0.4, 0.5) is 5.69 Å². The molecule has 0 spiro atoms. The maximum atomic E-state index is 12.2. The topological polar surface area (TPSA) is 108 Å². The second-order valence-electron chi connectivity index (χ2n) is 9.22. The van der Waals surface area contributed by atoms with Crippen molar-refractivity contribution in [1.82, 2.24) is 14.7 Å². The second-order valence-corrected chi connectivity index (χ2v) is 10.8. The van der Waals surface area contributed by atoms with E-state index >= 15 is 0 Å². The van der Waals surface area contributed by atoms with E-state index in [9.17, 15) is 14.1 Å². The van der Waals surface area contributed by atoms with Gasteiger partial charge in [-0.1, -0.05) is 41.9 Å². The summed E-state index contributed by atoms with van der Waals surface area (Å²) in [6, 6.07) is 17.2. The lowest BCUT2D eigenvalue weighted by atomic mass is 9.75. The van der Waals surface area contributed by atoms with Crippen LogP contribution in [-0.4, -0.2) is 31.7 Å². The Kier molecular flexibility index (Phi) is 5.51. The molecule has 2 fully saturated rings. The maximum Gasteiger partial charge on any atom is 0.300 e. The van der Waals surface area contributed by atoms with E-state index in [0.717, 1.165) is 47.0 Å². The van der Waals surface area contributed by atoms with E-state index in [2.05, 4.69) is 14.7 Å². The monoisotopic (exact) mass is 522 g/mol. The molecule has 1 unspecified atom stereocenters. The molecule has 3 aromatic carbocycles. The van der Waals surface area contributed by atoms with Crippen molar-refractivity contribution in [2.75, 3.05) is 10.8 Å². The summed E-state index contributed by atoms with van der Waals surface area (Å²) >= 11 is 4.99. The number of hydrogen-bond donors (Lipinski definition) is 3. The van der Waals surface area contributed by atoms with Gasteiger partial charge in [-0.05, 0) is 61.1 Å². The van der Waals surface area contributed by atoms with Gasteiger partial charge in [0.1, 0.15) is 12.3 Å². The van der Waals surface area contributed by atoms with E-state index in [-0.39, 0.29) is 18.5 Å².